The molecule has 0 spiro atoms. The second kappa shape index (κ2) is 7.22. The van der Waals surface area contributed by atoms with Gasteiger partial charge in [-0.05, 0) is 13.3 Å². The molecule has 16 heavy (non-hydrogen) atoms. The van der Waals surface area contributed by atoms with Crippen LogP contribution in [0.25, 0.3) is 0 Å². The smallest absolute Gasteiger partial charge is 0.0673 e. The number of nitrogens with zero attached hydrogens (tertiary/aromatic N) is 1. The lowest BCUT2D eigenvalue weighted by Gasteiger charge is -2.28. The van der Waals surface area contributed by atoms with Crippen molar-refractivity contribution >= 4 is 0 Å². The molecule has 4 nitrogen and oxygen atoms in total. The Morgan fingerprint density at radius 2 is 2.25 bits per heavy atom. The van der Waals surface area contributed by atoms with Crippen LogP contribution in [0.3, 0.4) is 0 Å². The van der Waals surface area contributed by atoms with Crippen molar-refractivity contribution in [1.29, 1.82) is 0 Å². The van der Waals surface area contributed by atoms with Gasteiger partial charge in [-0.3, -0.25) is 4.90 Å². The van der Waals surface area contributed by atoms with Crippen LogP contribution in [0.1, 0.15) is 27.2 Å². The van der Waals surface area contributed by atoms with Crippen molar-refractivity contribution in [2.24, 2.45) is 0 Å². The van der Waals surface area contributed by atoms with E-state index < -0.39 is 0 Å². The monoisotopic (exact) mass is 230 g/mol. The Kier molecular flexibility index (Phi) is 6.28. The lowest BCUT2D eigenvalue weighted by Crippen LogP contribution is -2.47. The molecule has 1 aliphatic rings. The first-order valence-electron chi connectivity index (χ1n) is 6.32. The summed E-state index contributed by atoms with van der Waals surface area (Å²) in [6, 6.07) is 0.586. The molecule has 0 aromatic heterocycles. The van der Waals surface area contributed by atoms with Crippen LogP contribution in [0.4, 0.5) is 0 Å². The molecule has 0 amide bonds. The van der Waals surface area contributed by atoms with Gasteiger partial charge in [-0.15, -0.1) is 0 Å². The number of ether oxygens (including phenoxy) is 1. The second-order valence-corrected chi connectivity index (χ2v) is 5.00. The predicted octanol–water partition coefficient (Wildman–Crippen LogP) is 0.456. The predicted molar refractivity (Wildman–Crippen MR) is 65.6 cm³/mol. The van der Waals surface area contributed by atoms with Gasteiger partial charge in [0, 0.05) is 38.3 Å². The van der Waals surface area contributed by atoms with E-state index >= 15 is 0 Å². The van der Waals surface area contributed by atoms with E-state index in [9.17, 15) is 5.11 Å². The Labute approximate surface area is 99.0 Å². The van der Waals surface area contributed by atoms with Gasteiger partial charge in [-0.25, -0.2) is 0 Å². The maximum atomic E-state index is 9.32. The molecule has 1 fully saturated rings. The van der Waals surface area contributed by atoms with E-state index in [1.165, 1.54) is 0 Å². The summed E-state index contributed by atoms with van der Waals surface area (Å²) in [5.74, 6) is 0. The minimum Gasteiger partial charge on any atom is -0.395 e. The fourth-order valence-corrected chi connectivity index (χ4v) is 2.19. The molecule has 2 unspecified atom stereocenters. The molecule has 4 heteroatoms. The number of aliphatic hydroxyl groups excluding tert-OH is 1. The first-order chi connectivity index (χ1) is 7.61. The van der Waals surface area contributed by atoms with Gasteiger partial charge in [0.15, 0.2) is 0 Å². The van der Waals surface area contributed by atoms with Gasteiger partial charge in [0.1, 0.15) is 0 Å². The zero-order valence-electron chi connectivity index (χ0n) is 10.8. The van der Waals surface area contributed by atoms with Gasteiger partial charge < -0.3 is 15.2 Å². The van der Waals surface area contributed by atoms with Gasteiger partial charge in [0.2, 0.25) is 0 Å². The van der Waals surface area contributed by atoms with E-state index in [-0.39, 0.29) is 12.6 Å². The van der Waals surface area contributed by atoms with Gasteiger partial charge in [0.05, 0.1) is 12.7 Å². The van der Waals surface area contributed by atoms with E-state index in [1.54, 1.807) is 0 Å². The summed E-state index contributed by atoms with van der Waals surface area (Å²) in [5, 5.41) is 12.7. The topological polar surface area (TPSA) is 44.7 Å². The summed E-state index contributed by atoms with van der Waals surface area (Å²) in [6.07, 6.45) is 1.39. The Hall–Kier alpha value is -0.160. The first kappa shape index (κ1) is 13.9. The van der Waals surface area contributed by atoms with Crippen LogP contribution in [-0.2, 0) is 4.74 Å². The lowest BCUT2D eigenvalue weighted by atomic mass is 10.2. The van der Waals surface area contributed by atoms with E-state index in [0.29, 0.717) is 12.1 Å². The Balaban J connectivity index is 2.37. The van der Waals surface area contributed by atoms with Crippen LogP contribution in [0.5, 0.6) is 0 Å². The standard InChI is InChI=1S/C12H26N2O2/c1-10(2)13-12(9-15)8-14-5-4-6-16-11(3)7-14/h10-13,15H,4-9H2,1-3H3. The highest BCUT2D eigenvalue weighted by atomic mass is 16.5. The largest absolute Gasteiger partial charge is 0.395 e. The van der Waals surface area contributed by atoms with E-state index in [1.807, 2.05) is 0 Å². The number of hydrogen-bond acceptors (Lipinski definition) is 4. The van der Waals surface area contributed by atoms with Crippen LogP contribution in [0.2, 0.25) is 0 Å². The highest BCUT2D eigenvalue weighted by Crippen LogP contribution is 2.06. The van der Waals surface area contributed by atoms with E-state index in [4.69, 9.17) is 4.74 Å². The molecule has 0 saturated carbocycles. The highest BCUT2D eigenvalue weighted by molar-refractivity contribution is 4.76. The summed E-state index contributed by atoms with van der Waals surface area (Å²) in [7, 11) is 0. The molecule has 0 bridgehead atoms. The minimum atomic E-state index is 0.172. The van der Waals surface area contributed by atoms with Crippen molar-refractivity contribution in [2.75, 3.05) is 32.8 Å². The fraction of sp³-hybridized carbons (Fsp3) is 1.00. The molecular formula is C12H26N2O2. The molecule has 0 aromatic rings. The van der Waals surface area contributed by atoms with E-state index in [2.05, 4.69) is 31.0 Å². The number of aliphatic hydroxyl groups is 1. The van der Waals surface area contributed by atoms with Crippen molar-refractivity contribution in [3.8, 4) is 0 Å². The average molecular weight is 230 g/mol. The number of rotatable bonds is 5. The van der Waals surface area contributed by atoms with Crippen LogP contribution < -0.4 is 5.32 Å². The van der Waals surface area contributed by atoms with Crippen LogP contribution in [0.15, 0.2) is 0 Å². The molecule has 1 aliphatic heterocycles. The Morgan fingerprint density at radius 1 is 1.50 bits per heavy atom. The summed E-state index contributed by atoms with van der Waals surface area (Å²) < 4.78 is 5.60. The molecule has 2 N–H and O–H groups in total. The summed E-state index contributed by atoms with van der Waals surface area (Å²) in [6.45, 7) is 10.3. The Bertz CT molecular complexity index is 188. The van der Waals surface area contributed by atoms with Crippen LogP contribution in [0, 0.1) is 0 Å². The molecule has 96 valence electrons. The molecular weight excluding hydrogens is 204 g/mol. The quantitative estimate of drug-likeness (QED) is 0.720. The first-order valence-corrected chi connectivity index (χ1v) is 6.32. The third-order valence-electron chi connectivity index (χ3n) is 2.80. The molecule has 2 atom stereocenters. The maximum absolute atomic E-state index is 9.32. The average Bonchev–Trinajstić information content (AvgIpc) is 2.41. The van der Waals surface area contributed by atoms with E-state index in [0.717, 1.165) is 32.7 Å². The number of hydrogen-bond donors (Lipinski definition) is 2. The fourth-order valence-electron chi connectivity index (χ4n) is 2.19. The molecule has 0 aromatic carbocycles. The zero-order chi connectivity index (χ0) is 12.0. The molecule has 1 heterocycles. The second-order valence-electron chi connectivity index (χ2n) is 5.00. The maximum Gasteiger partial charge on any atom is 0.0673 e. The van der Waals surface area contributed by atoms with Crippen molar-refractivity contribution in [1.82, 2.24) is 10.2 Å². The molecule has 1 rings (SSSR count). The normalized spacial score (nSPS) is 25.7. The molecule has 0 radical (unpaired) electrons. The van der Waals surface area contributed by atoms with Crippen LogP contribution in [-0.4, -0.2) is 61.0 Å². The Morgan fingerprint density at radius 3 is 2.88 bits per heavy atom. The SMILES string of the molecule is CC(C)NC(CO)CN1CCCOC(C)C1. The number of nitrogens with one attached hydrogen (secondary N) is 1. The summed E-state index contributed by atoms with van der Waals surface area (Å²) in [4.78, 5) is 2.38. The summed E-state index contributed by atoms with van der Waals surface area (Å²) in [5.41, 5.74) is 0. The van der Waals surface area contributed by atoms with Gasteiger partial charge in [0.25, 0.3) is 0 Å². The lowest BCUT2D eigenvalue weighted by molar-refractivity contribution is 0.0646. The third kappa shape index (κ3) is 5.25. The van der Waals surface area contributed by atoms with Crippen LogP contribution >= 0.6 is 0 Å². The summed E-state index contributed by atoms with van der Waals surface area (Å²) >= 11 is 0. The van der Waals surface area contributed by atoms with Crippen molar-refractivity contribution in [3.05, 3.63) is 0 Å². The minimum absolute atomic E-state index is 0.172. The highest BCUT2D eigenvalue weighted by Gasteiger charge is 2.18. The van der Waals surface area contributed by atoms with Crippen molar-refractivity contribution < 1.29 is 9.84 Å². The third-order valence-corrected chi connectivity index (χ3v) is 2.80. The van der Waals surface area contributed by atoms with Gasteiger partial charge in [-0.1, -0.05) is 13.8 Å². The zero-order valence-corrected chi connectivity index (χ0v) is 10.8. The van der Waals surface area contributed by atoms with Gasteiger partial charge >= 0.3 is 0 Å². The molecule has 1 saturated heterocycles. The molecule has 0 aliphatic carbocycles. The van der Waals surface area contributed by atoms with Crippen molar-refractivity contribution in [3.63, 3.8) is 0 Å². The van der Waals surface area contributed by atoms with Crippen molar-refractivity contribution in [2.45, 2.75) is 45.4 Å². The van der Waals surface area contributed by atoms with Gasteiger partial charge in [-0.2, -0.15) is 0 Å².